The first kappa shape index (κ1) is 11.6. The lowest BCUT2D eigenvalue weighted by atomic mass is 10.3. The minimum atomic E-state index is -0.405. The van der Waals surface area contributed by atoms with Crippen molar-refractivity contribution in [2.45, 2.75) is 19.8 Å². The Bertz CT molecular complexity index is 418. The molecular formula is C11H16N4O2. The fourth-order valence-corrected chi connectivity index (χ4v) is 1.57. The summed E-state index contributed by atoms with van der Waals surface area (Å²) in [6, 6.07) is 3.12. The second-order valence-corrected chi connectivity index (χ2v) is 4.18. The van der Waals surface area contributed by atoms with E-state index in [2.05, 4.69) is 15.6 Å². The molecule has 1 aliphatic rings. The Morgan fingerprint density at radius 3 is 2.82 bits per heavy atom. The van der Waals surface area contributed by atoms with Gasteiger partial charge in [0.15, 0.2) is 0 Å². The smallest absolute Gasteiger partial charge is 0.311 e. The first-order chi connectivity index (χ1) is 8.20. The minimum Gasteiger partial charge on any atom is -0.370 e. The highest BCUT2D eigenvalue weighted by atomic mass is 16.6. The normalized spacial score (nSPS) is 14.4. The van der Waals surface area contributed by atoms with E-state index >= 15 is 0 Å². The Hall–Kier alpha value is -1.85. The average molecular weight is 236 g/mol. The second-order valence-electron chi connectivity index (χ2n) is 4.18. The monoisotopic (exact) mass is 236 g/mol. The van der Waals surface area contributed by atoms with E-state index in [-0.39, 0.29) is 5.69 Å². The fraction of sp³-hybridized carbons (Fsp3) is 0.545. The molecule has 1 fully saturated rings. The fourth-order valence-electron chi connectivity index (χ4n) is 1.57. The first-order valence-corrected chi connectivity index (χ1v) is 5.84. The van der Waals surface area contributed by atoms with E-state index in [1.807, 2.05) is 6.92 Å². The summed E-state index contributed by atoms with van der Waals surface area (Å²) in [4.78, 5) is 14.7. The summed E-state index contributed by atoms with van der Waals surface area (Å²) in [5.41, 5.74) is 0.0345. The summed E-state index contributed by atoms with van der Waals surface area (Å²) in [5.74, 6) is 1.68. The van der Waals surface area contributed by atoms with Gasteiger partial charge in [-0.05, 0) is 31.7 Å². The molecule has 92 valence electrons. The van der Waals surface area contributed by atoms with Crippen molar-refractivity contribution in [3.8, 4) is 0 Å². The number of pyridine rings is 1. The molecule has 2 rings (SSSR count). The summed E-state index contributed by atoms with van der Waals surface area (Å²) in [5, 5.41) is 17.0. The molecule has 2 N–H and O–H groups in total. The van der Waals surface area contributed by atoms with Gasteiger partial charge in [-0.15, -0.1) is 0 Å². The highest BCUT2D eigenvalue weighted by Gasteiger charge is 2.23. The molecule has 0 saturated heterocycles. The van der Waals surface area contributed by atoms with E-state index in [1.54, 1.807) is 6.07 Å². The average Bonchev–Trinajstić information content (AvgIpc) is 3.10. The van der Waals surface area contributed by atoms with Crippen LogP contribution in [-0.4, -0.2) is 23.0 Å². The van der Waals surface area contributed by atoms with E-state index in [0.717, 1.165) is 13.1 Å². The van der Waals surface area contributed by atoms with Crippen LogP contribution >= 0.6 is 0 Å². The van der Waals surface area contributed by atoms with Crippen molar-refractivity contribution in [1.82, 2.24) is 4.98 Å². The Balaban J connectivity index is 2.15. The quantitative estimate of drug-likeness (QED) is 0.585. The van der Waals surface area contributed by atoms with Crippen molar-refractivity contribution < 1.29 is 4.92 Å². The van der Waals surface area contributed by atoms with Crippen LogP contribution in [0.3, 0.4) is 0 Å². The van der Waals surface area contributed by atoms with Crippen LogP contribution in [0.15, 0.2) is 12.1 Å². The van der Waals surface area contributed by atoms with Gasteiger partial charge in [0.2, 0.25) is 5.82 Å². The number of nitrogens with one attached hydrogen (secondary N) is 2. The Morgan fingerprint density at radius 2 is 2.24 bits per heavy atom. The molecule has 0 unspecified atom stereocenters. The predicted octanol–water partition coefficient (Wildman–Crippen LogP) is 2.24. The van der Waals surface area contributed by atoms with E-state index in [0.29, 0.717) is 17.6 Å². The molecule has 0 spiro atoms. The zero-order chi connectivity index (χ0) is 12.3. The minimum absolute atomic E-state index is 0.0345. The molecule has 0 bridgehead atoms. The molecule has 1 aromatic rings. The number of nitro groups is 1. The number of hydrogen-bond acceptors (Lipinski definition) is 5. The highest BCUT2D eigenvalue weighted by Crippen LogP contribution is 2.30. The van der Waals surface area contributed by atoms with Crippen molar-refractivity contribution in [3.05, 3.63) is 22.2 Å². The maximum Gasteiger partial charge on any atom is 0.311 e. The maximum atomic E-state index is 10.9. The third-order valence-electron chi connectivity index (χ3n) is 2.68. The molecule has 0 amide bonds. The van der Waals surface area contributed by atoms with Gasteiger partial charge >= 0.3 is 5.69 Å². The van der Waals surface area contributed by atoms with Crippen molar-refractivity contribution in [2.24, 2.45) is 5.92 Å². The van der Waals surface area contributed by atoms with Crippen LogP contribution in [0.1, 0.15) is 19.8 Å². The van der Waals surface area contributed by atoms with Gasteiger partial charge in [-0.3, -0.25) is 10.1 Å². The van der Waals surface area contributed by atoms with Crippen LogP contribution in [0.2, 0.25) is 0 Å². The van der Waals surface area contributed by atoms with Crippen LogP contribution in [0, 0.1) is 16.0 Å². The second kappa shape index (κ2) is 4.99. The Kier molecular flexibility index (Phi) is 3.41. The van der Waals surface area contributed by atoms with E-state index in [4.69, 9.17) is 0 Å². The molecule has 1 aromatic heterocycles. The van der Waals surface area contributed by atoms with Crippen LogP contribution in [-0.2, 0) is 0 Å². The summed E-state index contributed by atoms with van der Waals surface area (Å²) < 4.78 is 0. The van der Waals surface area contributed by atoms with Crippen molar-refractivity contribution >= 4 is 17.3 Å². The number of aromatic nitrogens is 1. The van der Waals surface area contributed by atoms with Gasteiger partial charge in [-0.1, -0.05) is 0 Å². The largest absolute Gasteiger partial charge is 0.370 e. The SMILES string of the molecule is CCNc1ccc([N+](=O)[O-])c(NCC2CC2)n1. The van der Waals surface area contributed by atoms with E-state index in [1.165, 1.54) is 18.9 Å². The lowest BCUT2D eigenvalue weighted by Crippen LogP contribution is -2.09. The van der Waals surface area contributed by atoms with Gasteiger partial charge in [0.1, 0.15) is 5.82 Å². The number of nitrogens with zero attached hydrogens (tertiary/aromatic N) is 2. The maximum absolute atomic E-state index is 10.9. The summed E-state index contributed by atoms with van der Waals surface area (Å²) in [7, 11) is 0. The molecule has 0 radical (unpaired) electrons. The molecule has 1 heterocycles. The van der Waals surface area contributed by atoms with E-state index in [9.17, 15) is 10.1 Å². The lowest BCUT2D eigenvalue weighted by molar-refractivity contribution is -0.384. The zero-order valence-corrected chi connectivity index (χ0v) is 9.77. The number of hydrogen-bond donors (Lipinski definition) is 2. The van der Waals surface area contributed by atoms with E-state index < -0.39 is 4.92 Å². The molecule has 6 heteroatoms. The van der Waals surface area contributed by atoms with Crippen LogP contribution in [0.25, 0.3) is 0 Å². The Labute approximate surface area is 99.6 Å². The Morgan fingerprint density at radius 1 is 1.47 bits per heavy atom. The third kappa shape index (κ3) is 3.05. The van der Waals surface area contributed by atoms with Gasteiger partial charge in [0, 0.05) is 19.2 Å². The molecule has 6 nitrogen and oxygen atoms in total. The number of anilines is 2. The van der Waals surface area contributed by atoms with Gasteiger partial charge in [-0.2, -0.15) is 0 Å². The predicted molar refractivity (Wildman–Crippen MR) is 66.3 cm³/mol. The van der Waals surface area contributed by atoms with Crippen molar-refractivity contribution in [3.63, 3.8) is 0 Å². The van der Waals surface area contributed by atoms with Gasteiger partial charge in [0.05, 0.1) is 4.92 Å². The zero-order valence-electron chi connectivity index (χ0n) is 9.77. The summed E-state index contributed by atoms with van der Waals surface area (Å²) in [6.45, 7) is 3.47. The first-order valence-electron chi connectivity index (χ1n) is 5.84. The molecule has 1 saturated carbocycles. The van der Waals surface area contributed by atoms with Crippen LogP contribution in [0.4, 0.5) is 17.3 Å². The van der Waals surface area contributed by atoms with Gasteiger partial charge in [-0.25, -0.2) is 4.98 Å². The van der Waals surface area contributed by atoms with Gasteiger partial charge < -0.3 is 10.6 Å². The standard InChI is InChI=1S/C11H16N4O2/c1-2-12-10-6-5-9(15(16)17)11(14-10)13-7-8-3-4-8/h5-6,8H,2-4,7H2,1H3,(H2,12,13,14). The molecule has 0 aliphatic heterocycles. The van der Waals surface area contributed by atoms with Crippen LogP contribution < -0.4 is 10.6 Å². The van der Waals surface area contributed by atoms with Crippen molar-refractivity contribution in [2.75, 3.05) is 23.7 Å². The summed E-state index contributed by atoms with van der Waals surface area (Å²) in [6.07, 6.45) is 2.40. The van der Waals surface area contributed by atoms with Crippen molar-refractivity contribution in [1.29, 1.82) is 0 Å². The third-order valence-corrected chi connectivity index (χ3v) is 2.68. The lowest BCUT2D eigenvalue weighted by Gasteiger charge is -2.08. The molecule has 0 aromatic carbocycles. The van der Waals surface area contributed by atoms with Gasteiger partial charge in [0.25, 0.3) is 0 Å². The molecule has 17 heavy (non-hydrogen) atoms. The molecular weight excluding hydrogens is 220 g/mol. The highest BCUT2D eigenvalue weighted by molar-refractivity contribution is 5.60. The molecule has 0 atom stereocenters. The number of rotatable bonds is 6. The molecule has 1 aliphatic carbocycles. The summed E-state index contributed by atoms with van der Waals surface area (Å²) >= 11 is 0. The topological polar surface area (TPSA) is 80.1 Å². The van der Waals surface area contributed by atoms with Crippen LogP contribution in [0.5, 0.6) is 0 Å².